The predicted octanol–water partition coefficient (Wildman–Crippen LogP) is 3.33. The van der Waals surface area contributed by atoms with Crippen molar-refractivity contribution in [2.45, 2.75) is 26.2 Å². The number of nitrogens with two attached hydrogens (primary N) is 1. The molecule has 0 aromatic carbocycles. The van der Waals surface area contributed by atoms with Crippen molar-refractivity contribution >= 4 is 23.1 Å². The van der Waals surface area contributed by atoms with Crippen LogP contribution in [-0.4, -0.2) is 57.2 Å². The van der Waals surface area contributed by atoms with Gasteiger partial charge in [0.05, 0.1) is 13.1 Å². The van der Waals surface area contributed by atoms with Crippen molar-refractivity contribution in [3.8, 4) is 10.4 Å². The van der Waals surface area contributed by atoms with Gasteiger partial charge in [-0.25, -0.2) is 19.3 Å². The minimum absolute atomic E-state index is 0.305. The Bertz CT molecular complexity index is 1270. The molecular formula is C21H23F5N6O3S. The Labute approximate surface area is 205 Å². The third-order valence-corrected chi connectivity index (χ3v) is 5.99. The lowest BCUT2D eigenvalue weighted by Crippen LogP contribution is -2.27. The molecule has 0 atom stereocenters. The molecule has 3 rings (SSSR count). The number of halogens is 5. The third kappa shape index (κ3) is 7.45. The molecule has 0 aliphatic rings. The maximum Gasteiger partial charge on any atom is 0.490 e. The van der Waals surface area contributed by atoms with Gasteiger partial charge < -0.3 is 15.7 Å². The third-order valence-electron chi connectivity index (χ3n) is 4.72. The SMILES string of the molecule is Cc1cc(-c2ccc(N(C)C)nc2)sc1Cn1cnn(CC(CN)=C(F)F)c1=O.O=C(O)C(F)(F)F. The van der Waals surface area contributed by atoms with Crippen molar-refractivity contribution in [1.29, 1.82) is 0 Å². The van der Waals surface area contributed by atoms with Crippen molar-refractivity contribution in [3.05, 3.63) is 63.3 Å². The summed E-state index contributed by atoms with van der Waals surface area (Å²) in [4.78, 5) is 29.8. The highest BCUT2D eigenvalue weighted by Crippen LogP contribution is 2.31. The van der Waals surface area contributed by atoms with Gasteiger partial charge in [-0.15, -0.1) is 11.3 Å². The molecule has 0 aliphatic heterocycles. The van der Waals surface area contributed by atoms with E-state index in [0.29, 0.717) is 6.54 Å². The average Bonchev–Trinajstić information content (AvgIpc) is 3.34. The lowest BCUT2D eigenvalue weighted by molar-refractivity contribution is -0.192. The molecule has 0 unspecified atom stereocenters. The van der Waals surface area contributed by atoms with Crippen LogP contribution in [-0.2, 0) is 17.9 Å². The smallest absolute Gasteiger partial charge is 0.475 e. The zero-order valence-corrected chi connectivity index (χ0v) is 20.2. The molecule has 15 heteroatoms. The van der Waals surface area contributed by atoms with Crippen LogP contribution in [0.3, 0.4) is 0 Å². The largest absolute Gasteiger partial charge is 0.490 e. The predicted molar refractivity (Wildman–Crippen MR) is 124 cm³/mol. The number of alkyl halides is 3. The number of carboxylic acids is 1. The molecule has 0 saturated heterocycles. The number of pyridine rings is 1. The van der Waals surface area contributed by atoms with Crippen molar-refractivity contribution in [1.82, 2.24) is 19.3 Å². The first-order valence-electron chi connectivity index (χ1n) is 10.1. The number of carboxylic acid groups (broad SMARTS) is 1. The summed E-state index contributed by atoms with van der Waals surface area (Å²) in [6, 6.07) is 6.01. The van der Waals surface area contributed by atoms with Gasteiger partial charge >= 0.3 is 17.8 Å². The number of aromatic nitrogens is 4. The summed E-state index contributed by atoms with van der Waals surface area (Å²) in [5.74, 6) is -1.88. The number of carbonyl (C=O) groups is 1. The number of anilines is 1. The maximum absolute atomic E-state index is 12.8. The second kappa shape index (κ2) is 11.9. The molecule has 36 heavy (non-hydrogen) atoms. The molecule has 0 spiro atoms. The average molecular weight is 535 g/mol. The Morgan fingerprint density at radius 3 is 2.36 bits per heavy atom. The fourth-order valence-electron chi connectivity index (χ4n) is 2.74. The zero-order valence-electron chi connectivity index (χ0n) is 19.4. The lowest BCUT2D eigenvalue weighted by Gasteiger charge is -2.10. The molecule has 196 valence electrons. The highest BCUT2D eigenvalue weighted by Gasteiger charge is 2.38. The molecule has 0 amide bonds. The van der Waals surface area contributed by atoms with Crippen LogP contribution in [0.2, 0.25) is 0 Å². The summed E-state index contributed by atoms with van der Waals surface area (Å²) in [6.07, 6.45) is -3.78. The molecule has 3 aromatic rings. The van der Waals surface area contributed by atoms with E-state index >= 15 is 0 Å². The Morgan fingerprint density at radius 1 is 1.25 bits per heavy atom. The van der Waals surface area contributed by atoms with Crippen LogP contribution in [0.4, 0.5) is 27.8 Å². The van der Waals surface area contributed by atoms with Gasteiger partial charge in [-0.1, -0.05) is 0 Å². The monoisotopic (exact) mass is 534 g/mol. The Kier molecular flexibility index (Phi) is 9.47. The number of hydrogen-bond acceptors (Lipinski definition) is 7. The molecule has 3 N–H and O–H groups in total. The molecule has 0 bridgehead atoms. The van der Waals surface area contributed by atoms with E-state index in [1.54, 1.807) is 11.3 Å². The summed E-state index contributed by atoms with van der Waals surface area (Å²) in [5.41, 5.74) is 6.59. The highest BCUT2D eigenvalue weighted by molar-refractivity contribution is 7.15. The molecule has 0 saturated carbocycles. The number of hydrogen-bond donors (Lipinski definition) is 2. The number of nitrogens with zero attached hydrogens (tertiary/aromatic N) is 5. The van der Waals surface area contributed by atoms with E-state index in [-0.39, 0.29) is 18.7 Å². The van der Waals surface area contributed by atoms with Gasteiger partial charge in [-0.3, -0.25) is 4.57 Å². The van der Waals surface area contributed by atoms with Gasteiger partial charge in [0.25, 0.3) is 6.08 Å². The Morgan fingerprint density at radius 2 is 1.89 bits per heavy atom. The topological polar surface area (TPSA) is 119 Å². The molecule has 3 heterocycles. The fourth-order valence-corrected chi connectivity index (χ4v) is 3.90. The van der Waals surface area contributed by atoms with Crippen molar-refractivity contribution in [2.75, 3.05) is 25.5 Å². The first kappa shape index (κ1) is 28.6. The molecule has 0 aliphatic carbocycles. The van der Waals surface area contributed by atoms with Crippen LogP contribution >= 0.6 is 11.3 Å². The minimum Gasteiger partial charge on any atom is -0.475 e. The molecule has 9 nitrogen and oxygen atoms in total. The minimum atomic E-state index is -5.08. The highest BCUT2D eigenvalue weighted by atomic mass is 32.1. The van der Waals surface area contributed by atoms with Crippen LogP contribution in [0, 0.1) is 6.92 Å². The van der Waals surface area contributed by atoms with Crippen LogP contribution in [0.15, 0.2) is 47.2 Å². The number of aliphatic carboxylic acids is 1. The normalized spacial score (nSPS) is 11.0. The van der Waals surface area contributed by atoms with E-state index in [1.807, 2.05) is 44.2 Å². The first-order valence-corrected chi connectivity index (χ1v) is 10.9. The van der Waals surface area contributed by atoms with Crippen LogP contribution in [0.5, 0.6) is 0 Å². The van der Waals surface area contributed by atoms with Crippen molar-refractivity contribution < 1.29 is 31.9 Å². The summed E-state index contributed by atoms with van der Waals surface area (Å²) in [5, 5.41) is 11.1. The van der Waals surface area contributed by atoms with Gasteiger partial charge in [0.2, 0.25) is 0 Å². The van der Waals surface area contributed by atoms with Crippen LogP contribution < -0.4 is 16.3 Å². The summed E-state index contributed by atoms with van der Waals surface area (Å²) >= 11 is 1.56. The Hall–Kier alpha value is -3.59. The summed E-state index contributed by atoms with van der Waals surface area (Å²) in [6.45, 7) is 1.65. The summed E-state index contributed by atoms with van der Waals surface area (Å²) < 4.78 is 59.7. The summed E-state index contributed by atoms with van der Waals surface area (Å²) in [7, 11) is 3.86. The van der Waals surface area contributed by atoms with Crippen LogP contribution in [0.1, 0.15) is 10.4 Å². The molecular weight excluding hydrogens is 511 g/mol. The standard InChI is InChI=1S/C19H22F2N6OS.C2HF3O2/c1-12-6-15(13-4-5-17(23-8-13)25(2)3)29-16(12)10-26-11-24-27(19(26)28)9-14(7-22)18(20)21;3-2(4,5)1(6)7/h4-6,8,11H,7,9-10,22H2,1-3H3;(H,6,7). The van der Waals surface area contributed by atoms with Gasteiger partial charge in [0.1, 0.15) is 12.1 Å². The lowest BCUT2D eigenvalue weighted by atomic mass is 10.2. The second-order valence-electron chi connectivity index (χ2n) is 7.59. The van der Waals surface area contributed by atoms with Crippen LogP contribution in [0.25, 0.3) is 10.4 Å². The van der Waals surface area contributed by atoms with Gasteiger partial charge in [-0.2, -0.15) is 27.1 Å². The van der Waals surface area contributed by atoms with Crippen molar-refractivity contribution in [3.63, 3.8) is 0 Å². The number of aryl methyl sites for hydroxylation is 1. The van der Waals surface area contributed by atoms with E-state index in [2.05, 4.69) is 16.1 Å². The first-order chi connectivity index (χ1) is 16.7. The van der Waals surface area contributed by atoms with E-state index in [1.165, 1.54) is 10.9 Å². The second-order valence-corrected chi connectivity index (χ2v) is 8.72. The Balaban J connectivity index is 0.000000572. The maximum atomic E-state index is 12.8. The van der Waals surface area contributed by atoms with E-state index in [9.17, 15) is 26.7 Å². The van der Waals surface area contributed by atoms with E-state index in [4.69, 9.17) is 15.6 Å². The fraction of sp³-hybridized carbons (Fsp3) is 0.333. The molecule has 0 radical (unpaired) electrons. The number of thiophene rings is 1. The molecule has 3 aromatic heterocycles. The van der Waals surface area contributed by atoms with Gasteiger partial charge in [0, 0.05) is 47.7 Å². The van der Waals surface area contributed by atoms with Crippen molar-refractivity contribution in [2.24, 2.45) is 5.73 Å². The van der Waals surface area contributed by atoms with E-state index in [0.717, 1.165) is 31.4 Å². The quantitative estimate of drug-likeness (QED) is 0.447. The van der Waals surface area contributed by atoms with Gasteiger partial charge in [0.15, 0.2) is 0 Å². The van der Waals surface area contributed by atoms with Gasteiger partial charge in [-0.05, 0) is 30.7 Å². The van der Waals surface area contributed by atoms with E-state index < -0.39 is 23.9 Å². The zero-order chi connectivity index (χ0) is 27.2. The number of rotatable bonds is 7. The molecule has 0 fully saturated rings.